The zero-order valence-corrected chi connectivity index (χ0v) is 15.1. The number of carbonyl (C=O) groups excluding carboxylic acids is 1. The number of ether oxygens (including phenoxy) is 2. The molecule has 1 N–H and O–H groups in total. The molecule has 5 nitrogen and oxygen atoms in total. The summed E-state index contributed by atoms with van der Waals surface area (Å²) in [5.74, 6) is 1.07. The number of hydrazone groups is 1. The molecule has 2 rings (SSSR count). The second-order valence-electron chi connectivity index (χ2n) is 6.63. The van der Waals surface area contributed by atoms with E-state index in [1.165, 1.54) is 5.56 Å². The molecule has 25 heavy (non-hydrogen) atoms. The minimum absolute atomic E-state index is 0.0880. The maximum Gasteiger partial charge on any atom is 0.277 e. The van der Waals surface area contributed by atoms with Gasteiger partial charge in [0.15, 0.2) is 6.61 Å². The molecule has 0 saturated carbocycles. The molecule has 0 atom stereocenters. The van der Waals surface area contributed by atoms with E-state index < -0.39 is 0 Å². The number of nitrogens with one attached hydrogen (secondary N) is 1. The fraction of sp³-hybridized carbons (Fsp3) is 0.300. The molecule has 2 aromatic carbocycles. The van der Waals surface area contributed by atoms with Gasteiger partial charge in [-0.3, -0.25) is 4.79 Å². The minimum Gasteiger partial charge on any atom is -0.497 e. The van der Waals surface area contributed by atoms with Crippen molar-refractivity contribution in [3.63, 3.8) is 0 Å². The highest BCUT2D eigenvalue weighted by Gasteiger charge is 2.13. The number of benzene rings is 2. The normalized spacial score (nSPS) is 11.4. The van der Waals surface area contributed by atoms with Crippen LogP contribution in [0, 0.1) is 0 Å². The Morgan fingerprint density at radius 2 is 1.84 bits per heavy atom. The van der Waals surface area contributed by atoms with Gasteiger partial charge in [0.05, 0.1) is 13.3 Å². The van der Waals surface area contributed by atoms with E-state index in [0.717, 1.165) is 11.3 Å². The first-order valence-electron chi connectivity index (χ1n) is 8.08. The van der Waals surface area contributed by atoms with Gasteiger partial charge in [0, 0.05) is 0 Å². The molecular weight excluding hydrogens is 316 g/mol. The molecule has 0 unspecified atom stereocenters. The summed E-state index contributed by atoms with van der Waals surface area (Å²) in [6, 6.07) is 15.1. The zero-order chi connectivity index (χ0) is 18.3. The molecule has 5 heteroatoms. The average Bonchev–Trinajstić information content (AvgIpc) is 2.60. The SMILES string of the molecule is COc1cccc(C=NNC(=O)COc2ccc(C(C)(C)C)cc2)c1. The van der Waals surface area contributed by atoms with E-state index >= 15 is 0 Å². The summed E-state index contributed by atoms with van der Waals surface area (Å²) in [5.41, 5.74) is 4.57. The van der Waals surface area contributed by atoms with Crippen LogP contribution in [0.15, 0.2) is 53.6 Å². The minimum atomic E-state index is -0.320. The van der Waals surface area contributed by atoms with Gasteiger partial charge >= 0.3 is 0 Å². The van der Waals surface area contributed by atoms with Crippen molar-refractivity contribution in [2.75, 3.05) is 13.7 Å². The lowest BCUT2D eigenvalue weighted by Gasteiger charge is -2.19. The summed E-state index contributed by atoms with van der Waals surface area (Å²) >= 11 is 0. The molecule has 0 aromatic heterocycles. The van der Waals surface area contributed by atoms with Gasteiger partial charge in [-0.15, -0.1) is 0 Å². The van der Waals surface area contributed by atoms with Gasteiger partial charge in [0.25, 0.3) is 5.91 Å². The Morgan fingerprint density at radius 1 is 1.12 bits per heavy atom. The molecule has 132 valence electrons. The van der Waals surface area contributed by atoms with E-state index in [-0.39, 0.29) is 17.9 Å². The number of carbonyl (C=O) groups is 1. The highest BCUT2D eigenvalue weighted by atomic mass is 16.5. The third-order valence-corrected chi connectivity index (χ3v) is 3.59. The molecule has 0 radical (unpaired) electrons. The summed E-state index contributed by atoms with van der Waals surface area (Å²) < 4.78 is 10.6. The summed E-state index contributed by atoms with van der Waals surface area (Å²) in [4.78, 5) is 11.8. The van der Waals surface area contributed by atoms with E-state index in [0.29, 0.717) is 5.75 Å². The molecule has 0 aliphatic heterocycles. The highest BCUT2D eigenvalue weighted by molar-refractivity contribution is 5.83. The van der Waals surface area contributed by atoms with E-state index in [4.69, 9.17) is 9.47 Å². The molecule has 1 amide bonds. The van der Waals surface area contributed by atoms with Crippen molar-refractivity contribution in [2.45, 2.75) is 26.2 Å². The topological polar surface area (TPSA) is 59.9 Å². The molecule has 0 spiro atoms. The van der Waals surface area contributed by atoms with Gasteiger partial charge in [-0.05, 0) is 40.8 Å². The van der Waals surface area contributed by atoms with Crippen LogP contribution in [-0.2, 0) is 10.2 Å². The van der Waals surface area contributed by atoms with E-state index in [1.807, 2.05) is 48.5 Å². The van der Waals surface area contributed by atoms with Crippen LogP contribution in [-0.4, -0.2) is 25.8 Å². The predicted molar refractivity (Wildman–Crippen MR) is 99.4 cm³/mol. The standard InChI is InChI=1S/C20H24N2O3/c1-20(2,3)16-8-10-17(11-9-16)25-14-19(23)22-21-13-15-6-5-7-18(12-15)24-4/h5-13H,14H2,1-4H3,(H,22,23). The van der Waals surface area contributed by atoms with Crippen LogP contribution in [0.5, 0.6) is 11.5 Å². The molecule has 0 bridgehead atoms. The van der Waals surface area contributed by atoms with E-state index in [2.05, 4.69) is 31.3 Å². The van der Waals surface area contributed by atoms with Crippen molar-refractivity contribution < 1.29 is 14.3 Å². The van der Waals surface area contributed by atoms with Crippen molar-refractivity contribution in [1.29, 1.82) is 0 Å². The Morgan fingerprint density at radius 3 is 2.48 bits per heavy atom. The quantitative estimate of drug-likeness (QED) is 0.646. The summed E-state index contributed by atoms with van der Waals surface area (Å²) in [5, 5.41) is 3.92. The van der Waals surface area contributed by atoms with Gasteiger partial charge in [-0.1, -0.05) is 45.0 Å². The first-order valence-corrected chi connectivity index (χ1v) is 8.08. The lowest BCUT2D eigenvalue weighted by Crippen LogP contribution is -2.24. The van der Waals surface area contributed by atoms with Crippen LogP contribution in [0.25, 0.3) is 0 Å². The van der Waals surface area contributed by atoms with Crippen LogP contribution in [0.2, 0.25) is 0 Å². The summed E-state index contributed by atoms with van der Waals surface area (Å²) in [6.07, 6.45) is 1.55. The van der Waals surface area contributed by atoms with Crippen LogP contribution < -0.4 is 14.9 Å². The lowest BCUT2D eigenvalue weighted by atomic mass is 9.87. The zero-order valence-electron chi connectivity index (χ0n) is 15.1. The van der Waals surface area contributed by atoms with Crippen LogP contribution in [0.1, 0.15) is 31.9 Å². The van der Waals surface area contributed by atoms with Crippen LogP contribution in [0.4, 0.5) is 0 Å². The number of hydrogen-bond donors (Lipinski definition) is 1. The Balaban J connectivity index is 1.81. The third kappa shape index (κ3) is 5.95. The third-order valence-electron chi connectivity index (χ3n) is 3.59. The van der Waals surface area contributed by atoms with Crippen molar-refractivity contribution in [2.24, 2.45) is 5.10 Å². The monoisotopic (exact) mass is 340 g/mol. The molecule has 0 fully saturated rings. The Labute approximate surface area is 148 Å². The van der Waals surface area contributed by atoms with Gasteiger partial charge < -0.3 is 9.47 Å². The maximum absolute atomic E-state index is 11.8. The van der Waals surface area contributed by atoms with Crippen LogP contribution in [0.3, 0.4) is 0 Å². The molecule has 0 aliphatic carbocycles. The van der Waals surface area contributed by atoms with Crippen molar-refractivity contribution >= 4 is 12.1 Å². The maximum atomic E-state index is 11.8. The molecule has 0 aliphatic rings. The Kier molecular flexibility index (Phi) is 6.17. The molecule has 0 heterocycles. The predicted octanol–water partition coefficient (Wildman–Crippen LogP) is 3.52. The summed E-state index contributed by atoms with van der Waals surface area (Å²) in [6.45, 7) is 6.36. The summed E-state index contributed by atoms with van der Waals surface area (Å²) in [7, 11) is 1.60. The fourth-order valence-electron chi connectivity index (χ4n) is 2.13. The van der Waals surface area contributed by atoms with Gasteiger partial charge in [0.1, 0.15) is 11.5 Å². The molecular formula is C20H24N2O3. The number of rotatable bonds is 6. The van der Waals surface area contributed by atoms with Crippen LogP contribution >= 0.6 is 0 Å². The first-order chi connectivity index (χ1) is 11.9. The Bertz CT molecular complexity index is 731. The van der Waals surface area contributed by atoms with Crippen molar-refractivity contribution in [3.05, 3.63) is 59.7 Å². The number of nitrogens with zero attached hydrogens (tertiary/aromatic N) is 1. The smallest absolute Gasteiger partial charge is 0.277 e. The number of amides is 1. The highest BCUT2D eigenvalue weighted by Crippen LogP contribution is 2.24. The van der Waals surface area contributed by atoms with Crippen molar-refractivity contribution in [3.8, 4) is 11.5 Å². The average molecular weight is 340 g/mol. The van der Waals surface area contributed by atoms with E-state index in [9.17, 15) is 4.79 Å². The largest absolute Gasteiger partial charge is 0.497 e. The van der Waals surface area contributed by atoms with Gasteiger partial charge in [0.2, 0.25) is 0 Å². The van der Waals surface area contributed by atoms with E-state index in [1.54, 1.807) is 13.3 Å². The second-order valence-corrected chi connectivity index (χ2v) is 6.63. The Hall–Kier alpha value is -2.82. The molecule has 2 aromatic rings. The molecule has 0 saturated heterocycles. The van der Waals surface area contributed by atoms with Crippen molar-refractivity contribution in [1.82, 2.24) is 5.43 Å². The second kappa shape index (κ2) is 8.33. The lowest BCUT2D eigenvalue weighted by molar-refractivity contribution is -0.123. The first kappa shape index (κ1) is 18.5. The van der Waals surface area contributed by atoms with Gasteiger partial charge in [-0.2, -0.15) is 5.10 Å². The number of methoxy groups -OCH3 is 1. The van der Waals surface area contributed by atoms with Gasteiger partial charge in [-0.25, -0.2) is 5.43 Å². The fourth-order valence-corrected chi connectivity index (χ4v) is 2.13. The number of hydrogen-bond acceptors (Lipinski definition) is 4.